The van der Waals surface area contributed by atoms with E-state index in [0.29, 0.717) is 6.10 Å². The first-order valence-corrected chi connectivity index (χ1v) is 9.57. The Morgan fingerprint density at radius 2 is 1.96 bits per heavy atom. The van der Waals surface area contributed by atoms with Gasteiger partial charge >= 0.3 is 0 Å². The summed E-state index contributed by atoms with van der Waals surface area (Å²) in [4.78, 5) is 13.7. The highest BCUT2D eigenvalue weighted by Gasteiger charge is 2.21. The maximum absolute atomic E-state index is 5.73. The Bertz CT molecular complexity index is 552. The highest BCUT2D eigenvalue weighted by molar-refractivity contribution is 14.0. The minimum absolute atomic E-state index is 0. The van der Waals surface area contributed by atoms with E-state index < -0.39 is 0 Å². The van der Waals surface area contributed by atoms with E-state index in [1.807, 2.05) is 13.2 Å². The molecule has 1 N–H and O–H groups in total. The lowest BCUT2D eigenvalue weighted by molar-refractivity contribution is 0.0263. The number of nitrogens with one attached hydrogen (secondary N) is 1. The topological polar surface area (TPSA) is 53.0 Å². The smallest absolute Gasteiger partial charge is 0.193 e. The van der Waals surface area contributed by atoms with Gasteiger partial charge in [-0.05, 0) is 44.2 Å². The fourth-order valence-corrected chi connectivity index (χ4v) is 3.64. The van der Waals surface area contributed by atoms with Gasteiger partial charge in [0.2, 0.25) is 0 Å². The molecular formula is C19H32IN5O. The molecule has 0 radical (unpaired) electrons. The van der Waals surface area contributed by atoms with Crippen LogP contribution in [0.5, 0.6) is 0 Å². The van der Waals surface area contributed by atoms with Gasteiger partial charge in [0, 0.05) is 52.6 Å². The van der Waals surface area contributed by atoms with Crippen molar-refractivity contribution < 1.29 is 4.74 Å². The van der Waals surface area contributed by atoms with E-state index in [2.05, 4.69) is 44.1 Å². The molecule has 0 spiro atoms. The van der Waals surface area contributed by atoms with Crippen LogP contribution in [0.25, 0.3) is 0 Å². The molecular weight excluding hydrogens is 441 g/mol. The third-order valence-electron chi connectivity index (χ3n) is 5.05. The first-order chi connectivity index (χ1) is 12.3. The first kappa shape index (κ1) is 21.2. The number of hydrogen-bond donors (Lipinski definition) is 1. The monoisotopic (exact) mass is 473 g/mol. The Labute approximate surface area is 174 Å². The largest absolute Gasteiger partial charge is 0.378 e. The molecule has 0 aromatic carbocycles. The predicted octanol–water partition coefficient (Wildman–Crippen LogP) is 2.88. The third kappa shape index (κ3) is 5.70. The van der Waals surface area contributed by atoms with Crippen molar-refractivity contribution in [3.8, 4) is 0 Å². The van der Waals surface area contributed by atoms with Crippen molar-refractivity contribution in [2.24, 2.45) is 4.99 Å². The van der Waals surface area contributed by atoms with Crippen LogP contribution >= 0.6 is 24.0 Å². The number of aliphatic imine (C=N–C) groups is 1. The lowest BCUT2D eigenvalue weighted by atomic mass is 10.1. The van der Waals surface area contributed by atoms with Crippen LogP contribution in [0.3, 0.4) is 0 Å². The minimum atomic E-state index is 0. The summed E-state index contributed by atoms with van der Waals surface area (Å²) in [6.07, 6.45) is 7.08. The number of pyridine rings is 1. The number of rotatable bonds is 5. The van der Waals surface area contributed by atoms with Gasteiger partial charge in [0.05, 0.1) is 6.10 Å². The predicted molar refractivity (Wildman–Crippen MR) is 118 cm³/mol. The summed E-state index contributed by atoms with van der Waals surface area (Å²) in [6.45, 7) is 7.89. The number of piperidine rings is 1. The molecule has 2 aliphatic rings. The van der Waals surface area contributed by atoms with Crippen LogP contribution in [-0.4, -0.2) is 61.8 Å². The van der Waals surface area contributed by atoms with E-state index in [0.717, 1.165) is 63.9 Å². The SMILES string of the molecule is CCOC1CCN(C(=NC)NCc2ccc(N3CCCC3)nc2)CC1.I. The number of anilines is 1. The number of ether oxygens (including phenoxy) is 1. The lowest BCUT2D eigenvalue weighted by Gasteiger charge is -2.34. The van der Waals surface area contributed by atoms with E-state index >= 15 is 0 Å². The summed E-state index contributed by atoms with van der Waals surface area (Å²) in [7, 11) is 1.85. The van der Waals surface area contributed by atoms with Crippen molar-refractivity contribution in [3.63, 3.8) is 0 Å². The molecule has 6 nitrogen and oxygen atoms in total. The fraction of sp³-hybridized carbons (Fsp3) is 0.684. The number of nitrogens with zero attached hydrogens (tertiary/aromatic N) is 4. The summed E-state index contributed by atoms with van der Waals surface area (Å²) in [5.74, 6) is 2.07. The highest BCUT2D eigenvalue weighted by Crippen LogP contribution is 2.18. The quantitative estimate of drug-likeness (QED) is 0.405. The molecule has 1 aromatic heterocycles. The van der Waals surface area contributed by atoms with Crippen molar-refractivity contribution in [3.05, 3.63) is 23.9 Å². The van der Waals surface area contributed by atoms with Crippen LogP contribution in [0.4, 0.5) is 5.82 Å². The Morgan fingerprint density at radius 3 is 2.54 bits per heavy atom. The van der Waals surface area contributed by atoms with Crippen LogP contribution in [0, 0.1) is 0 Å². The lowest BCUT2D eigenvalue weighted by Crippen LogP contribution is -2.46. The van der Waals surface area contributed by atoms with Gasteiger partial charge in [-0.1, -0.05) is 6.07 Å². The molecule has 0 bridgehead atoms. The molecule has 0 amide bonds. The Balaban J connectivity index is 0.00000243. The molecule has 3 rings (SSSR count). The van der Waals surface area contributed by atoms with E-state index in [-0.39, 0.29) is 24.0 Å². The second-order valence-corrected chi connectivity index (χ2v) is 6.76. The van der Waals surface area contributed by atoms with E-state index in [4.69, 9.17) is 4.74 Å². The second-order valence-electron chi connectivity index (χ2n) is 6.76. The first-order valence-electron chi connectivity index (χ1n) is 9.57. The molecule has 2 saturated heterocycles. The van der Waals surface area contributed by atoms with Gasteiger partial charge in [0.1, 0.15) is 5.82 Å². The maximum atomic E-state index is 5.73. The summed E-state index contributed by atoms with van der Waals surface area (Å²) < 4.78 is 5.73. The highest BCUT2D eigenvalue weighted by atomic mass is 127. The van der Waals surface area contributed by atoms with E-state index in [1.54, 1.807) is 0 Å². The van der Waals surface area contributed by atoms with Crippen molar-refractivity contribution in [1.82, 2.24) is 15.2 Å². The number of likely N-dealkylation sites (tertiary alicyclic amines) is 1. The van der Waals surface area contributed by atoms with Crippen molar-refractivity contribution in [2.45, 2.75) is 45.3 Å². The molecule has 0 atom stereocenters. The van der Waals surface area contributed by atoms with Crippen LogP contribution in [0.1, 0.15) is 38.2 Å². The summed E-state index contributed by atoms with van der Waals surface area (Å²) in [5.41, 5.74) is 1.19. The Hall–Kier alpha value is -1.09. The summed E-state index contributed by atoms with van der Waals surface area (Å²) >= 11 is 0. The molecule has 2 aliphatic heterocycles. The summed E-state index contributed by atoms with van der Waals surface area (Å²) in [5, 5.41) is 3.47. The number of halogens is 1. The van der Waals surface area contributed by atoms with Gasteiger partial charge < -0.3 is 19.9 Å². The molecule has 7 heteroatoms. The third-order valence-corrected chi connectivity index (χ3v) is 5.05. The van der Waals surface area contributed by atoms with Gasteiger partial charge in [-0.25, -0.2) is 4.98 Å². The Kier molecular flexibility index (Phi) is 8.90. The molecule has 3 heterocycles. The van der Waals surface area contributed by atoms with Crippen molar-refractivity contribution in [1.29, 1.82) is 0 Å². The van der Waals surface area contributed by atoms with E-state index in [1.165, 1.54) is 18.4 Å². The normalized spacial score (nSPS) is 18.8. The molecule has 0 aliphatic carbocycles. The average Bonchev–Trinajstić information content (AvgIpc) is 3.19. The van der Waals surface area contributed by atoms with Crippen LogP contribution < -0.4 is 10.2 Å². The second kappa shape index (κ2) is 10.9. The molecule has 0 saturated carbocycles. The van der Waals surface area contributed by atoms with Gasteiger partial charge in [0.15, 0.2) is 5.96 Å². The maximum Gasteiger partial charge on any atom is 0.193 e. The van der Waals surface area contributed by atoms with Crippen molar-refractivity contribution >= 4 is 35.8 Å². The standard InChI is InChI=1S/C19H31N5O.HI/c1-3-25-17-8-12-24(13-9-17)19(20-2)22-15-16-6-7-18(21-14-16)23-10-4-5-11-23;/h6-7,14,17H,3-5,8-13,15H2,1-2H3,(H,20,22);1H. The van der Waals surface area contributed by atoms with Gasteiger partial charge in [-0.3, -0.25) is 4.99 Å². The molecule has 26 heavy (non-hydrogen) atoms. The molecule has 0 unspecified atom stereocenters. The van der Waals surface area contributed by atoms with Gasteiger partial charge in [-0.2, -0.15) is 0 Å². The number of guanidine groups is 1. The number of hydrogen-bond acceptors (Lipinski definition) is 4. The van der Waals surface area contributed by atoms with Crippen LogP contribution in [-0.2, 0) is 11.3 Å². The average molecular weight is 473 g/mol. The molecule has 2 fully saturated rings. The zero-order valence-electron chi connectivity index (χ0n) is 16.0. The van der Waals surface area contributed by atoms with Gasteiger partial charge in [0.25, 0.3) is 0 Å². The number of aromatic nitrogens is 1. The Morgan fingerprint density at radius 1 is 1.23 bits per heavy atom. The fourth-order valence-electron chi connectivity index (χ4n) is 3.64. The van der Waals surface area contributed by atoms with Crippen molar-refractivity contribution in [2.75, 3.05) is 44.7 Å². The van der Waals surface area contributed by atoms with Crippen LogP contribution in [0.15, 0.2) is 23.3 Å². The van der Waals surface area contributed by atoms with Crippen LogP contribution in [0.2, 0.25) is 0 Å². The van der Waals surface area contributed by atoms with Gasteiger partial charge in [-0.15, -0.1) is 24.0 Å². The molecule has 146 valence electrons. The molecule has 1 aromatic rings. The van der Waals surface area contributed by atoms with E-state index in [9.17, 15) is 0 Å². The minimum Gasteiger partial charge on any atom is -0.378 e. The zero-order chi connectivity index (χ0) is 17.5. The summed E-state index contributed by atoms with van der Waals surface area (Å²) in [6, 6.07) is 4.31. The zero-order valence-corrected chi connectivity index (χ0v) is 18.3.